The van der Waals surface area contributed by atoms with E-state index >= 15 is 0 Å². The molecule has 1 aromatic carbocycles. The van der Waals surface area contributed by atoms with Crippen LogP contribution in [0, 0.1) is 13.8 Å². The molecule has 0 fully saturated rings. The van der Waals surface area contributed by atoms with Crippen LogP contribution in [0.1, 0.15) is 30.0 Å². The molecule has 21 heavy (non-hydrogen) atoms. The second kappa shape index (κ2) is 7.22. The van der Waals surface area contributed by atoms with Gasteiger partial charge in [-0.2, -0.15) is 0 Å². The third-order valence-corrected chi connectivity index (χ3v) is 3.43. The number of carbonyl (C=O) groups is 2. The number of benzene rings is 1. The maximum atomic E-state index is 12.2. The second-order valence-electron chi connectivity index (χ2n) is 5.66. The van der Waals surface area contributed by atoms with E-state index in [4.69, 9.17) is 9.84 Å². The van der Waals surface area contributed by atoms with Gasteiger partial charge in [0, 0.05) is 7.11 Å². The minimum atomic E-state index is -0.970. The highest BCUT2D eigenvalue weighted by atomic mass is 16.5. The Morgan fingerprint density at radius 3 is 2.33 bits per heavy atom. The predicted octanol–water partition coefficient (Wildman–Crippen LogP) is 1.84. The van der Waals surface area contributed by atoms with E-state index in [0.717, 1.165) is 16.7 Å². The molecule has 0 radical (unpaired) electrons. The number of ether oxygens (including phenoxy) is 1. The van der Waals surface area contributed by atoms with E-state index in [2.05, 4.69) is 5.32 Å². The summed E-state index contributed by atoms with van der Waals surface area (Å²) in [7, 11) is 1.48. The largest absolute Gasteiger partial charge is 0.481 e. The number of nitrogens with one attached hydrogen (secondary N) is 1. The summed E-state index contributed by atoms with van der Waals surface area (Å²) in [5, 5.41) is 11.7. The summed E-state index contributed by atoms with van der Waals surface area (Å²) >= 11 is 0. The fourth-order valence-electron chi connectivity index (χ4n) is 2.45. The van der Waals surface area contributed by atoms with Gasteiger partial charge >= 0.3 is 5.97 Å². The Kier molecular flexibility index (Phi) is 5.90. The first-order valence-corrected chi connectivity index (χ1v) is 6.84. The fraction of sp³-hybridized carbons (Fsp3) is 0.500. The molecule has 1 rings (SSSR count). The standard InChI is InChI=1S/C16H23NO4/c1-11-6-5-7-12(2)13(11)8-14(18)17-16(3,10-21-4)9-15(19)20/h5-7H,8-10H2,1-4H3,(H,17,18)(H,19,20). The van der Waals surface area contributed by atoms with Crippen LogP contribution in [0.2, 0.25) is 0 Å². The second-order valence-corrected chi connectivity index (χ2v) is 5.66. The minimum Gasteiger partial charge on any atom is -0.481 e. The van der Waals surface area contributed by atoms with Crippen LogP contribution in [0.15, 0.2) is 18.2 Å². The van der Waals surface area contributed by atoms with E-state index in [1.54, 1.807) is 6.92 Å². The maximum absolute atomic E-state index is 12.2. The Hall–Kier alpha value is -1.88. The Balaban J connectivity index is 2.81. The van der Waals surface area contributed by atoms with Gasteiger partial charge in [-0.25, -0.2) is 0 Å². The number of amides is 1. The SMILES string of the molecule is COCC(C)(CC(=O)O)NC(=O)Cc1c(C)cccc1C. The van der Waals surface area contributed by atoms with Crippen molar-refractivity contribution in [1.82, 2.24) is 5.32 Å². The average molecular weight is 293 g/mol. The highest BCUT2D eigenvalue weighted by Gasteiger charge is 2.29. The Morgan fingerprint density at radius 1 is 1.29 bits per heavy atom. The van der Waals surface area contributed by atoms with E-state index in [9.17, 15) is 9.59 Å². The van der Waals surface area contributed by atoms with Crippen molar-refractivity contribution in [2.24, 2.45) is 0 Å². The van der Waals surface area contributed by atoms with Crippen LogP contribution in [0.3, 0.4) is 0 Å². The number of carboxylic acids is 1. The summed E-state index contributed by atoms with van der Waals surface area (Å²) in [6.45, 7) is 5.74. The highest BCUT2D eigenvalue weighted by Crippen LogP contribution is 2.16. The van der Waals surface area contributed by atoms with Crippen molar-refractivity contribution in [3.8, 4) is 0 Å². The third kappa shape index (κ3) is 5.19. The van der Waals surface area contributed by atoms with Crippen LogP contribution < -0.4 is 5.32 Å². The minimum absolute atomic E-state index is 0.151. The van der Waals surface area contributed by atoms with Crippen LogP contribution in [0.4, 0.5) is 0 Å². The van der Waals surface area contributed by atoms with E-state index in [1.165, 1.54) is 7.11 Å². The smallest absolute Gasteiger partial charge is 0.305 e. The molecule has 0 saturated heterocycles. The summed E-state index contributed by atoms with van der Waals surface area (Å²) in [5.74, 6) is -1.17. The van der Waals surface area contributed by atoms with Crippen molar-refractivity contribution in [1.29, 1.82) is 0 Å². The topological polar surface area (TPSA) is 75.6 Å². The van der Waals surface area contributed by atoms with Crippen molar-refractivity contribution < 1.29 is 19.4 Å². The molecule has 5 nitrogen and oxygen atoms in total. The number of rotatable bonds is 7. The molecule has 1 amide bonds. The Labute approximate surface area is 125 Å². The zero-order valence-electron chi connectivity index (χ0n) is 13.0. The van der Waals surface area contributed by atoms with Crippen LogP contribution in [0.5, 0.6) is 0 Å². The average Bonchev–Trinajstić information content (AvgIpc) is 2.32. The molecule has 0 aromatic heterocycles. The maximum Gasteiger partial charge on any atom is 0.305 e. The lowest BCUT2D eigenvalue weighted by molar-refractivity contribution is -0.139. The zero-order chi connectivity index (χ0) is 16.0. The third-order valence-electron chi connectivity index (χ3n) is 3.43. The van der Waals surface area contributed by atoms with Gasteiger partial charge in [0.05, 0.1) is 25.0 Å². The monoisotopic (exact) mass is 293 g/mol. The molecule has 2 N–H and O–H groups in total. The molecule has 0 heterocycles. The molecule has 0 aliphatic heterocycles. The van der Waals surface area contributed by atoms with Crippen molar-refractivity contribution in [2.75, 3.05) is 13.7 Å². The zero-order valence-corrected chi connectivity index (χ0v) is 13.0. The van der Waals surface area contributed by atoms with Crippen molar-refractivity contribution in [2.45, 2.75) is 39.2 Å². The van der Waals surface area contributed by atoms with Gasteiger partial charge < -0.3 is 15.2 Å². The molecule has 0 spiro atoms. The first-order valence-electron chi connectivity index (χ1n) is 6.84. The summed E-state index contributed by atoms with van der Waals surface area (Å²) in [6, 6.07) is 5.87. The number of methoxy groups -OCH3 is 1. The van der Waals surface area contributed by atoms with Crippen LogP contribution in [-0.2, 0) is 20.7 Å². The Morgan fingerprint density at radius 2 is 1.86 bits per heavy atom. The van der Waals surface area contributed by atoms with Crippen molar-refractivity contribution in [3.63, 3.8) is 0 Å². The first-order chi connectivity index (χ1) is 9.77. The summed E-state index contributed by atoms with van der Waals surface area (Å²) in [4.78, 5) is 23.2. The molecule has 0 saturated carbocycles. The quantitative estimate of drug-likeness (QED) is 0.804. The molecule has 1 atom stereocenters. The lowest BCUT2D eigenvalue weighted by Crippen LogP contribution is -2.51. The lowest BCUT2D eigenvalue weighted by Gasteiger charge is -2.28. The van der Waals surface area contributed by atoms with Gasteiger partial charge in [-0.15, -0.1) is 0 Å². The number of carboxylic acid groups (broad SMARTS) is 1. The molecular formula is C16H23NO4. The van der Waals surface area contributed by atoms with Gasteiger partial charge in [-0.05, 0) is 37.5 Å². The summed E-state index contributed by atoms with van der Waals surface area (Å²) in [6.07, 6.45) is 0.0523. The highest BCUT2D eigenvalue weighted by molar-refractivity contribution is 5.81. The number of carbonyl (C=O) groups excluding carboxylic acids is 1. The molecule has 5 heteroatoms. The Bertz CT molecular complexity index is 507. The van der Waals surface area contributed by atoms with Gasteiger partial charge in [-0.1, -0.05) is 18.2 Å². The van der Waals surface area contributed by atoms with Crippen molar-refractivity contribution >= 4 is 11.9 Å². The van der Waals surface area contributed by atoms with Crippen LogP contribution in [0.25, 0.3) is 0 Å². The molecule has 116 valence electrons. The predicted molar refractivity (Wildman–Crippen MR) is 80.3 cm³/mol. The first kappa shape index (κ1) is 17.2. The number of aryl methyl sites for hydroxylation is 2. The van der Waals surface area contributed by atoms with Crippen LogP contribution in [-0.4, -0.2) is 36.2 Å². The summed E-state index contributed by atoms with van der Waals surface area (Å²) in [5.41, 5.74) is 2.17. The molecule has 1 aromatic rings. The number of hydrogen-bond donors (Lipinski definition) is 2. The molecular weight excluding hydrogens is 270 g/mol. The molecule has 0 aliphatic rings. The lowest BCUT2D eigenvalue weighted by atomic mass is 9.96. The van der Waals surface area contributed by atoms with Gasteiger partial charge in [0.25, 0.3) is 0 Å². The van der Waals surface area contributed by atoms with E-state index in [1.807, 2.05) is 32.0 Å². The molecule has 1 unspecified atom stereocenters. The normalized spacial score (nSPS) is 13.5. The van der Waals surface area contributed by atoms with Crippen LogP contribution >= 0.6 is 0 Å². The molecule has 0 aliphatic carbocycles. The van der Waals surface area contributed by atoms with Crippen molar-refractivity contribution in [3.05, 3.63) is 34.9 Å². The summed E-state index contributed by atoms with van der Waals surface area (Å²) < 4.78 is 5.03. The van der Waals surface area contributed by atoms with Gasteiger partial charge in [0.15, 0.2) is 0 Å². The van der Waals surface area contributed by atoms with Gasteiger partial charge in [0.2, 0.25) is 5.91 Å². The number of aliphatic carboxylic acids is 1. The van der Waals surface area contributed by atoms with Gasteiger partial charge in [-0.3, -0.25) is 9.59 Å². The molecule has 0 bridgehead atoms. The fourth-order valence-corrected chi connectivity index (χ4v) is 2.45. The van der Waals surface area contributed by atoms with Gasteiger partial charge in [0.1, 0.15) is 0 Å². The van der Waals surface area contributed by atoms with E-state index in [-0.39, 0.29) is 25.4 Å². The van der Waals surface area contributed by atoms with E-state index < -0.39 is 11.5 Å². The van der Waals surface area contributed by atoms with E-state index in [0.29, 0.717) is 0 Å². The number of hydrogen-bond acceptors (Lipinski definition) is 3.